The van der Waals surface area contributed by atoms with Crippen LogP contribution in [0.5, 0.6) is 0 Å². The van der Waals surface area contributed by atoms with Gasteiger partial charge in [0.25, 0.3) is 0 Å². The van der Waals surface area contributed by atoms with Gasteiger partial charge in [-0.1, -0.05) is 12.1 Å². The van der Waals surface area contributed by atoms with Crippen LogP contribution in [0.25, 0.3) is 11.1 Å². The van der Waals surface area contributed by atoms with Crippen LogP contribution in [0.2, 0.25) is 0 Å². The molecule has 30 heavy (non-hydrogen) atoms. The topological polar surface area (TPSA) is 97.0 Å². The number of halogens is 1. The highest BCUT2D eigenvalue weighted by molar-refractivity contribution is 5.93. The van der Waals surface area contributed by atoms with Crippen LogP contribution in [0.3, 0.4) is 0 Å². The Labute approximate surface area is 174 Å². The maximum atomic E-state index is 13.4. The van der Waals surface area contributed by atoms with Crippen LogP contribution < -0.4 is 16.0 Å². The van der Waals surface area contributed by atoms with Crippen molar-refractivity contribution >= 4 is 23.2 Å². The maximum Gasteiger partial charge on any atom is 0.409 e. The summed E-state index contributed by atoms with van der Waals surface area (Å²) in [5, 5.41) is 11.5. The first-order valence-corrected chi connectivity index (χ1v) is 10.2. The van der Waals surface area contributed by atoms with Crippen molar-refractivity contribution in [1.29, 1.82) is 0 Å². The fourth-order valence-corrected chi connectivity index (χ4v) is 4.04. The minimum Gasteiger partial charge on any atom is -0.465 e. The van der Waals surface area contributed by atoms with E-state index in [4.69, 9.17) is 20.3 Å². The Kier molecular flexibility index (Phi) is 6.06. The second-order valence-electron chi connectivity index (χ2n) is 7.68. The number of nitrogens with one attached hydrogen (secondary N) is 1. The summed E-state index contributed by atoms with van der Waals surface area (Å²) in [7, 11) is 0. The molecule has 0 radical (unpaired) electrons. The zero-order chi connectivity index (χ0) is 21.1. The van der Waals surface area contributed by atoms with Crippen LogP contribution in [-0.4, -0.2) is 43.3 Å². The van der Waals surface area contributed by atoms with E-state index in [-0.39, 0.29) is 18.2 Å². The third kappa shape index (κ3) is 4.66. The molecule has 2 atom stereocenters. The molecule has 0 aliphatic carbocycles. The van der Waals surface area contributed by atoms with Crippen molar-refractivity contribution in [2.24, 2.45) is 0 Å². The number of nitrogen functional groups attached to an aromatic ring is 1. The van der Waals surface area contributed by atoms with Crippen molar-refractivity contribution < 1.29 is 23.8 Å². The molecule has 0 aromatic heterocycles. The Bertz CT molecular complexity index is 900. The fourth-order valence-electron chi connectivity index (χ4n) is 4.04. The molecule has 2 aliphatic heterocycles. The summed E-state index contributed by atoms with van der Waals surface area (Å²) >= 11 is 0. The van der Waals surface area contributed by atoms with Gasteiger partial charge in [-0.2, -0.15) is 0 Å². The Hall–Kier alpha value is -2.84. The molecule has 2 aliphatic rings. The highest BCUT2D eigenvalue weighted by Crippen LogP contribution is 2.39. The summed E-state index contributed by atoms with van der Waals surface area (Å²) in [6.45, 7) is 2.14. The number of amides is 1. The molecule has 160 valence electrons. The molecule has 2 aromatic carbocycles. The van der Waals surface area contributed by atoms with Gasteiger partial charge in [0.05, 0.1) is 17.5 Å². The van der Waals surface area contributed by atoms with Gasteiger partial charge in [0.1, 0.15) is 5.82 Å². The predicted molar refractivity (Wildman–Crippen MR) is 113 cm³/mol. The van der Waals surface area contributed by atoms with Gasteiger partial charge in [-0.25, -0.2) is 9.18 Å². The number of hydrogen-bond acceptors (Lipinski definition) is 5. The normalized spacial score (nSPS) is 21.6. The molecule has 7 nitrogen and oxygen atoms in total. The molecule has 2 fully saturated rings. The molecule has 4 N–H and O–H groups in total. The molecule has 2 aromatic rings. The van der Waals surface area contributed by atoms with E-state index < -0.39 is 6.09 Å². The molecule has 1 amide bonds. The molecular weight excluding hydrogens is 389 g/mol. The zero-order valence-corrected chi connectivity index (χ0v) is 16.6. The highest BCUT2D eigenvalue weighted by Gasteiger charge is 2.29. The quantitative estimate of drug-likeness (QED) is 0.631. The summed E-state index contributed by atoms with van der Waals surface area (Å²) in [4.78, 5) is 13.3. The lowest BCUT2D eigenvalue weighted by atomic mass is 10.0. The Balaban J connectivity index is 1.61. The van der Waals surface area contributed by atoms with Crippen molar-refractivity contribution in [2.75, 3.05) is 35.6 Å². The Morgan fingerprint density at radius 1 is 1.23 bits per heavy atom. The molecular formula is C22H26FN3O4. The number of rotatable bonds is 5. The average molecular weight is 415 g/mol. The summed E-state index contributed by atoms with van der Waals surface area (Å²) in [5.74, 6) is -0.320. The monoisotopic (exact) mass is 415 g/mol. The fraction of sp³-hybridized carbons (Fsp3) is 0.409. The molecule has 4 rings (SSSR count). The van der Waals surface area contributed by atoms with E-state index in [2.05, 4.69) is 10.2 Å². The first-order valence-electron chi connectivity index (χ1n) is 10.2. The number of nitrogens with two attached hydrogens (primary N) is 1. The number of benzene rings is 2. The van der Waals surface area contributed by atoms with E-state index in [1.54, 1.807) is 24.3 Å². The largest absolute Gasteiger partial charge is 0.465 e. The van der Waals surface area contributed by atoms with Crippen LogP contribution in [0.15, 0.2) is 36.4 Å². The van der Waals surface area contributed by atoms with Crippen molar-refractivity contribution in [3.63, 3.8) is 0 Å². The van der Waals surface area contributed by atoms with Crippen molar-refractivity contribution in [2.45, 2.75) is 38.1 Å². The van der Waals surface area contributed by atoms with E-state index >= 15 is 0 Å². The first kappa shape index (κ1) is 20.4. The van der Waals surface area contributed by atoms with Crippen LogP contribution in [0.1, 0.15) is 25.7 Å². The third-order valence-electron chi connectivity index (χ3n) is 5.53. The number of carboxylic acid groups (broad SMARTS) is 1. The summed E-state index contributed by atoms with van der Waals surface area (Å²) in [5.41, 5.74) is 9.18. The number of nitrogens with zero attached hydrogens (tertiary/aromatic N) is 1. The van der Waals surface area contributed by atoms with Crippen molar-refractivity contribution in [3.05, 3.63) is 42.2 Å². The molecule has 2 heterocycles. The summed E-state index contributed by atoms with van der Waals surface area (Å²) < 4.78 is 25.3. The Morgan fingerprint density at radius 3 is 2.73 bits per heavy atom. The highest BCUT2D eigenvalue weighted by atomic mass is 19.1. The molecule has 8 heteroatoms. The van der Waals surface area contributed by atoms with Gasteiger partial charge in [0.15, 0.2) is 6.29 Å². The zero-order valence-electron chi connectivity index (χ0n) is 16.6. The minimum atomic E-state index is -1.18. The van der Waals surface area contributed by atoms with Crippen LogP contribution in [-0.2, 0) is 9.47 Å². The standard InChI is InChI=1S/C22H26FN3O4/c23-15-6-4-14(5-7-15)17-11-18(24)19(25-22(27)28)12-20(17)26-9-8-16(13-26)30-21-3-1-2-10-29-21/h4-7,11-12,16,21,25H,1-3,8-10,13,24H2,(H,27,28)/t16-,21?/m1/s1. The maximum absolute atomic E-state index is 13.4. The van der Waals surface area contributed by atoms with Crippen molar-refractivity contribution in [1.82, 2.24) is 0 Å². The van der Waals surface area contributed by atoms with E-state index in [9.17, 15) is 9.18 Å². The van der Waals surface area contributed by atoms with E-state index in [1.165, 1.54) is 12.1 Å². The van der Waals surface area contributed by atoms with Gasteiger partial charge in [0, 0.05) is 30.9 Å². The SMILES string of the molecule is Nc1cc(-c2ccc(F)cc2)c(N2CC[C@@H](OC3CCCCO3)C2)cc1NC(=O)O. The van der Waals surface area contributed by atoms with E-state index in [1.807, 2.05) is 0 Å². The van der Waals surface area contributed by atoms with Crippen LogP contribution in [0, 0.1) is 5.82 Å². The number of anilines is 3. The van der Waals surface area contributed by atoms with Gasteiger partial charge in [0.2, 0.25) is 0 Å². The number of ether oxygens (including phenoxy) is 2. The van der Waals surface area contributed by atoms with Crippen LogP contribution >= 0.6 is 0 Å². The molecule has 0 saturated carbocycles. The van der Waals surface area contributed by atoms with E-state index in [0.717, 1.165) is 55.6 Å². The second-order valence-corrected chi connectivity index (χ2v) is 7.68. The third-order valence-corrected chi connectivity index (χ3v) is 5.53. The lowest BCUT2D eigenvalue weighted by Crippen LogP contribution is -2.30. The lowest BCUT2D eigenvalue weighted by molar-refractivity contribution is -0.183. The van der Waals surface area contributed by atoms with Gasteiger partial charge >= 0.3 is 6.09 Å². The van der Waals surface area contributed by atoms with Gasteiger partial charge < -0.3 is 25.2 Å². The summed E-state index contributed by atoms with van der Waals surface area (Å²) in [6, 6.07) is 9.65. The number of carbonyl (C=O) groups is 1. The number of hydrogen-bond donors (Lipinski definition) is 3. The molecule has 2 saturated heterocycles. The van der Waals surface area contributed by atoms with Gasteiger partial charge in [-0.05, 0) is 55.5 Å². The average Bonchev–Trinajstić information content (AvgIpc) is 3.18. The molecule has 0 spiro atoms. The Morgan fingerprint density at radius 2 is 2.03 bits per heavy atom. The molecule has 0 bridgehead atoms. The van der Waals surface area contributed by atoms with E-state index in [0.29, 0.717) is 17.9 Å². The summed E-state index contributed by atoms with van der Waals surface area (Å²) in [6.07, 6.45) is 2.62. The predicted octanol–water partition coefficient (Wildman–Crippen LogP) is 4.29. The smallest absolute Gasteiger partial charge is 0.409 e. The van der Waals surface area contributed by atoms with Gasteiger partial charge in [-0.3, -0.25) is 5.32 Å². The lowest BCUT2D eigenvalue weighted by Gasteiger charge is -2.27. The first-order chi connectivity index (χ1) is 14.5. The van der Waals surface area contributed by atoms with Gasteiger partial charge in [-0.15, -0.1) is 0 Å². The second kappa shape index (κ2) is 8.89. The molecule has 1 unspecified atom stereocenters. The minimum absolute atomic E-state index is 0.0302. The van der Waals surface area contributed by atoms with Crippen LogP contribution in [0.4, 0.5) is 26.2 Å². The van der Waals surface area contributed by atoms with Crippen molar-refractivity contribution in [3.8, 4) is 11.1 Å².